The maximum absolute atomic E-state index is 11.9. The van der Waals surface area contributed by atoms with Crippen LogP contribution >= 0.6 is 0 Å². The average Bonchev–Trinajstić information content (AvgIpc) is 2.90. The maximum Gasteiger partial charge on any atom is 0.364 e. The van der Waals surface area contributed by atoms with Gasteiger partial charge in [0, 0.05) is 6.42 Å². The topological polar surface area (TPSA) is 71.2 Å². The number of aliphatic hydroxyl groups is 1. The standard InChI is InChI=1S/C17H19NO4/c1-22-17(21)15-8-12(19)9-18(15)10-14-13-5-3-2-4-11(13)6-7-16(14)20/h2-7,12,15,19-20H,8-10H2,1H3/p+1/t12-,15+/m1/s1. The Labute approximate surface area is 128 Å². The van der Waals surface area contributed by atoms with Gasteiger partial charge in [-0.25, -0.2) is 4.79 Å². The number of hydrogen-bond acceptors (Lipinski definition) is 4. The minimum Gasteiger partial charge on any atom is -0.507 e. The molecule has 0 aliphatic carbocycles. The maximum atomic E-state index is 11.9. The molecule has 2 aromatic rings. The van der Waals surface area contributed by atoms with Crippen LogP contribution in [0.15, 0.2) is 36.4 Å². The van der Waals surface area contributed by atoms with Crippen LogP contribution in [-0.4, -0.2) is 42.0 Å². The first kappa shape index (κ1) is 14.8. The van der Waals surface area contributed by atoms with E-state index < -0.39 is 12.1 Å². The number of aromatic hydroxyl groups is 1. The van der Waals surface area contributed by atoms with Gasteiger partial charge in [-0.05, 0) is 16.8 Å². The van der Waals surface area contributed by atoms with Crippen LogP contribution < -0.4 is 4.90 Å². The van der Waals surface area contributed by atoms with Crippen molar-refractivity contribution in [3.8, 4) is 5.75 Å². The third-order valence-electron chi connectivity index (χ3n) is 4.40. The lowest BCUT2D eigenvalue weighted by Gasteiger charge is -2.20. The Morgan fingerprint density at radius 3 is 2.86 bits per heavy atom. The van der Waals surface area contributed by atoms with E-state index in [4.69, 9.17) is 4.74 Å². The highest BCUT2D eigenvalue weighted by Crippen LogP contribution is 2.26. The summed E-state index contributed by atoms with van der Waals surface area (Å²) in [7, 11) is 1.36. The van der Waals surface area contributed by atoms with E-state index >= 15 is 0 Å². The van der Waals surface area contributed by atoms with Crippen molar-refractivity contribution in [1.82, 2.24) is 0 Å². The smallest absolute Gasteiger partial charge is 0.364 e. The zero-order valence-corrected chi connectivity index (χ0v) is 12.5. The molecule has 1 heterocycles. The summed E-state index contributed by atoms with van der Waals surface area (Å²) in [6.45, 7) is 0.951. The number of likely N-dealkylation sites (tertiary alicyclic amines) is 1. The number of hydrogen-bond donors (Lipinski definition) is 3. The molecule has 2 aromatic carbocycles. The van der Waals surface area contributed by atoms with Gasteiger partial charge < -0.3 is 19.8 Å². The monoisotopic (exact) mass is 302 g/mol. The first-order valence-corrected chi connectivity index (χ1v) is 7.40. The lowest BCUT2D eigenvalue weighted by molar-refractivity contribution is -0.918. The predicted molar refractivity (Wildman–Crippen MR) is 81.6 cm³/mol. The van der Waals surface area contributed by atoms with Crippen LogP contribution in [0.1, 0.15) is 12.0 Å². The summed E-state index contributed by atoms with van der Waals surface area (Å²) in [5.74, 6) is -0.0949. The van der Waals surface area contributed by atoms with E-state index in [0.717, 1.165) is 21.2 Å². The van der Waals surface area contributed by atoms with Gasteiger partial charge in [0.15, 0.2) is 6.04 Å². The van der Waals surface area contributed by atoms with Crippen LogP contribution in [0, 0.1) is 0 Å². The minimum absolute atomic E-state index is 0.219. The van der Waals surface area contributed by atoms with Gasteiger partial charge in [-0.3, -0.25) is 0 Å². The molecule has 0 radical (unpaired) electrons. The number of aliphatic hydroxyl groups excluding tert-OH is 1. The summed E-state index contributed by atoms with van der Waals surface area (Å²) in [6.07, 6.45) is -0.121. The lowest BCUT2D eigenvalue weighted by atomic mass is 10.0. The number of quaternary nitrogens is 1. The molecule has 3 N–H and O–H groups in total. The fourth-order valence-corrected chi connectivity index (χ4v) is 3.30. The van der Waals surface area contributed by atoms with Gasteiger partial charge in [0.05, 0.1) is 12.7 Å². The number of carbonyl (C=O) groups excluding carboxylic acids is 1. The summed E-state index contributed by atoms with van der Waals surface area (Å²) in [5.41, 5.74) is 0.802. The molecule has 116 valence electrons. The Morgan fingerprint density at radius 2 is 2.09 bits per heavy atom. The fraction of sp³-hybridized carbons (Fsp3) is 0.353. The summed E-state index contributed by atoms with van der Waals surface area (Å²) in [4.78, 5) is 12.8. The number of methoxy groups -OCH3 is 1. The molecule has 1 aliphatic heterocycles. The summed E-state index contributed by atoms with van der Waals surface area (Å²) in [6, 6.07) is 11.0. The van der Waals surface area contributed by atoms with Gasteiger partial charge >= 0.3 is 5.97 Å². The number of benzene rings is 2. The third kappa shape index (κ3) is 2.65. The molecule has 0 bridgehead atoms. The normalized spacial score (nSPS) is 24.5. The Balaban J connectivity index is 1.95. The third-order valence-corrected chi connectivity index (χ3v) is 4.40. The van der Waals surface area contributed by atoms with Gasteiger partial charge in [-0.15, -0.1) is 0 Å². The van der Waals surface area contributed by atoms with Gasteiger partial charge in [-0.1, -0.05) is 30.3 Å². The molecule has 0 saturated carbocycles. The SMILES string of the molecule is COC(=O)[C@@H]1C[C@@H](O)C[NH+]1Cc1c(O)ccc2ccccc12. The van der Waals surface area contributed by atoms with Crippen molar-refractivity contribution in [2.45, 2.75) is 25.1 Å². The second kappa shape index (κ2) is 5.94. The van der Waals surface area contributed by atoms with E-state index in [1.807, 2.05) is 30.3 Å². The molecule has 5 nitrogen and oxygen atoms in total. The van der Waals surface area contributed by atoms with Crippen molar-refractivity contribution in [2.24, 2.45) is 0 Å². The van der Waals surface area contributed by atoms with Crippen LogP contribution in [0.3, 0.4) is 0 Å². The summed E-state index contributed by atoms with van der Waals surface area (Å²) >= 11 is 0. The van der Waals surface area contributed by atoms with Gasteiger partial charge in [0.2, 0.25) is 0 Å². The molecule has 1 fully saturated rings. The summed E-state index contributed by atoms with van der Waals surface area (Å²) < 4.78 is 4.83. The van der Waals surface area contributed by atoms with Crippen molar-refractivity contribution < 1.29 is 24.6 Å². The van der Waals surface area contributed by atoms with Crippen LogP contribution in [0.25, 0.3) is 10.8 Å². The number of phenols is 1. The number of ether oxygens (including phenoxy) is 1. The Hall–Kier alpha value is -2.11. The van der Waals surface area contributed by atoms with Crippen LogP contribution in [0.5, 0.6) is 5.75 Å². The largest absolute Gasteiger partial charge is 0.507 e. The van der Waals surface area contributed by atoms with Gasteiger partial charge in [0.1, 0.15) is 24.9 Å². The molecule has 3 rings (SSSR count). The molecule has 0 spiro atoms. The number of esters is 1. The first-order valence-electron chi connectivity index (χ1n) is 7.40. The second-order valence-electron chi connectivity index (χ2n) is 5.79. The van der Waals surface area contributed by atoms with E-state index in [1.54, 1.807) is 6.07 Å². The number of rotatable bonds is 3. The number of carbonyl (C=O) groups is 1. The zero-order valence-electron chi connectivity index (χ0n) is 12.5. The Bertz CT molecular complexity index is 700. The highest BCUT2D eigenvalue weighted by Gasteiger charge is 2.41. The molecular weight excluding hydrogens is 282 g/mol. The summed E-state index contributed by atoms with van der Waals surface area (Å²) in [5, 5.41) is 22.1. The average molecular weight is 302 g/mol. The number of fused-ring (bicyclic) bond motifs is 1. The predicted octanol–water partition coefficient (Wildman–Crippen LogP) is 0.237. The van der Waals surface area contributed by atoms with Crippen LogP contribution in [0.4, 0.5) is 0 Å². The number of phenolic OH excluding ortho intramolecular Hbond substituents is 1. The molecule has 3 atom stereocenters. The molecule has 22 heavy (non-hydrogen) atoms. The van der Waals surface area contributed by atoms with Crippen molar-refractivity contribution in [2.75, 3.05) is 13.7 Å². The van der Waals surface area contributed by atoms with Crippen molar-refractivity contribution in [3.05, 3.63) is 42.0 Å². The number of nitrogens with one attached hydrogen (secondary N) is 1. The molecule has 0 aromatic heterocycles. The van der Waals surface area contributed by atoms with Gasteiger partial charge in [-0.2, -0.15) is 0 Å². The Morgan fingerprint density at radius 1 is 1.32 bits per heavy atom. The van der Waals surface area contributed by atoms with E-state index in [9.17, 15) is 15.0 Å². The van der Waals surface area contributed by atoms with E-state index in [-0.39, 0.29) is 11.7 Å². The minimum atomic E-state index is -0.517. The molecule has 1 unspecified atom stereocenters. The molecule has 5 heteroatoms. The quantitative estimate of drug-likeness (QED) is 0.710. The fourth-order valence-electron chi connectivity index (χ4n) is 3.30. The van der Waals surface area contributed by atoms with Crippen molar-refractivity contribution in [3.63, 3.8) is 0 Å². The molecule has 1 saturated heterocycles. The lowest BCUT2D eigenvalue weighted by Crippen LogP contribution is -3.13. The molecular formula is C17H20NO4+. The second-order valence-corrected chi connectivity index (χ2v) is 5.79. The molecule has 1 aliphatic rings. The van der Waals surface area contributed by atoms with Crippen molar-refractivity contribution in [1.29, 1.82) is 0 Å². The first-order chi connectivity index (χ1) is 10.6. The van der Waals surface area contributed by atoms with E-state index in [0.29, 0.717) is 19.5 Å². The highest BCUT2D eigenvalue weighted by molar-refractivity contribution is 5.87. The zero-order chi connectivity index (χ0) is 15.7. The van der Waals surface area contributed by atoms with Crippen molar-refractivity contribution >= 4 is 16.7 Å². The molecule has 0 amide bonds. The van der Waals surface area contributed by atoms with Crippen LogP contribution in [-0.2, 0) is 16.1 Å². The highest BCUT2D eigenvalue weighted by atomic mass is 16.5. The van der Waals surface area contributed by atoms with E-state index in [2.05, 4.69) is 0 Å². The van der Waals surface area contributed by atoms with Crippen LogP contribution in [0.2, 0.25) is 0 Å². The Kier molecular flexibility index (Phi) is 4.00. The van der Waals surface area contributed by atoms with E-state index in [1.165, 1.54) is 7.11 Å². The van der Waals surface area contributed by atoms with Gasteiger partial charge in [0.25, 0.3) is 0 Å².